The van der Waals surface area contributed by atoms with E-state index in [9.17, 15) is 10.2 Å². The smallest absolute Gasteiger partial charge is 0.106 e. The molecule has 0 saturated heterocycles. The first-order valence-corrected chi connectivity index (χ1v) is 5.37. The Hall–Kier alpha value is 0.0700. The molecule has 2 nitrogen and oxygen atoms in total. The van der Waals surface area contributed by atoms with Crippen molar-refractivity contribution in [3.05, 3.63) is 33.8 Å². The minimum Gasteiger partial charge on any atom is -0.389 e. The molecule has 0 aliphatic rings. The third-order valence-electron chi connectivity index (χ3n) is 1.84. The van der Waals surface area contributed by atoms with Crippen molar-refractivity contribution in [2.75, 3.05) is 5.75 Å². The fourth-order valence-corrected chi connectivity index (χ4v) is 1.52. The maximum Gasteiger partial charge on any atom is 0.106 e. The van der Waals surface area contributed by atoms with Crippen molar-refractivity contribution in [1.82, 2.24) is 0 Å². The van der Waals surface area contributed by atoms with E-state index in [1.165, 1.54) is 6.07 Å². The molecule has 2 atom stereocenters. The third kappa shape index (κ3) is 2.78. The molecule has 0 aliphatic carbocycles. The zero-order chi connectivity index (χ0) is 10.7. The van der Waals surface area contributed by atoms with Gasteiger partial charge in [-0.25, -0.2) is 0 Å². The van der Waals surface area contributed by atoms with E-state index in [1.807, 2.05) is 0 Å². The molecule has 0 heterocycles. The van der Waals surface area contributed by atoms with Crippen LogP contribution in [-0.2, 0) is 0 Å². The van der Waals surface area contributed by atoms with Crippen LogP contribution in [0.5, 0.6) is 0 Å². The summed E-state index contributed by atoms with van der Waals surface area (Å²) < 4.78 is 0. The van der Waals surface area contributed by atoms with Crippen molar-refractivity contribution >= 4 is 35.8 Å². The number of aliphatic hydroxyl groups is 2. The average molecular weight is 253 g/mol. The highest BCUT2D eigenvalue weighted by Gasteiger charge is 2.17. The second kappa shape index (κ2) is 5.24. The van der Waals surface area contributed by atoms with Crippen molar-refractivity contribution in [2.24, 2.45) is 0 Å². The zero-order valence-electron chi connectivity index (χ0n) is 7.19. The highest BCUT2D eigenvalue weighted by atomic mass is 35.5. The van der Waals surface area contributed by atoms with Crippen LogP contribution in [0.15, 0.2) is 18.2 Å². The van der Waals surface area contributed by atoms with E-state index in [4.69, 9.17) is 23.2 Å². The molecule has 78 valence electrons. The molecule has 1 aromatic rings. The van der Waals surface area contributed by atoms with Gasteiger partial charge in [-0.2, -0.15) is 12.6 Å². The lowest BCUT2D eigenvalue weighted by Gasteiger charge is -2.16. The minimum atomic E-state index is -0.984. The first-order valence-electron chi connectivity index (χ1n) is 3.98. The lowest BCUT2D eigenvalue weighted by Crippen LogP contribution is -2.19. The molecular formula is C9H10Cl2O2S. The van der Waals surface area contributed by atoms with Gasteiger partial charge in [0.1, 0.15) is 6.10 Å². The number of thiol groups is 1. The molecule has 0 saturated carbocycles. The molecular weight excluding hydrogens is 243 g/mol. The van der Waals surface area contributed by atoms with Crippen LogP contribution in [0.4, 0.5) is 0 Å². The van der Waals surface area contributed by atoms with E-state index < -0.39 is 12.2 Å². The first kappa shape index (κ1) is 12.1. The molecule has 0 spiro atoms. The van der Waals surface area contributed by atoms with Crippen LogP contribution in [0.1, 0.15) is 11.7 Å². The Labute approximate surface area is 97.9 Å². The topological polar surface area (TPSA) is 40.5 Å². The van der Waals surface area contributed by atoms with Gasteiger partial charge in [-0.1, -0.05) is 29.3 Å². The van der Waals surface area contributed by atoms with E-state index in [-0.39, 0.29) is 5.75 Å². The predicted octanol–water partition coefficient (Wildman–Crippen LogP) is 2.32. The number of benzene rings is 1. The van der Waals surface area contributed by atoms with Crippen LogP contribution in [-0.4, -0.2) is 22.1 Å². The molecule has 2 unspecified atom stereocenters. The van der Waals surface area contributed by atoms with Gasteiger partial charge in [0.05, 0.1) is 16.1 Å². The second-order valence-corrected chi connectivity index (χ2v) is 4.05. The van der Waals surface area contributed by atoms with E-state index in [0.29, 0.717) is 15.6 Å². The summed E-state index contributed by atoms with van der Waals surface area (Å²) in [4.78, 5) is 0. The van der Waals surface area contributed by atoms with Crippen LogP contribution in [0, 0.1) is 0 Å². The summed E-state index contributed by atoms with van der Waals surface area (Å²) in [6, 6.07) is 4.72. The SMILES string of the molecule is OC(CS)C(O)c1ccc(Cl)c(Cl)c1. The number of hydrogen-bond donors (Lipinski definition) is 3. The molecule has 0 bridgehead atoms. The van der Waals surface area contributed by atoms with E-state index in [2.05, 4.69) is 12.6 Å². The van der Waals surface area contributed by atoms with Crippen molar-refractivity contribution < 1.29 is 10.2 Å². The molecule has 14 heavy (non-hydrogen) atoms. The van der Waals surface area contributed by atoms with E-state index in [1.54, 1.807) is 12.1 Å². The molecule has 1 rings (SSSR count). The van der Waals surface area contributed by atoms with Gasteiger partial charge in [0, 0.05) is 5.75 Å². The predicted molar refractivity (Wildman–Crippen MR) is 61.3 cm³/mol. The molecule has 0 aliphatic heterocycles. The van der Waals surface area contributed by atoms with Gasteiger partial charge in [-0.05, 0) is 17.7 Å². The molecule has 5 heteroatoms. The van der Waals surface area contributed by atoms with Gasteiger partial charge in [0.15, 0.2) is 0 Å². The summed E-state index contributed by atoms with van der Waals surface area (Å²) in [5, 5.41) is 19.7. The van der Waals surface area contributed by atoms with Crippen molar-refractivity contribution in [3.8, 4) is 0 Å². The fourth-order valence-electron chi connectivity index (χ4n) is 1.02. The van der Waals surface area contributed by atoms with Gasteiger partial charge in [-0.3, -0.25) is 0 Å². The van der Waals surface area contributed by atoms with Crippen LogP contribution in [0.3, 0.4) is 0 Å². The first-order chi connectivity index (χ1) is 6.56. The Kier molecular flexibility index (Phi) is 4.54. The largest absolute Gasteiger partial charge is 0.389 e. The number of hydrogen-bond acceptors (Lipinski definition) is 3. The summed E-state index contributed by atoms with van der Waals surface area (Å²) in [6.45, 7) is 0. The Balaban J connectivity index is 2.91. The second-order valence-electron chi connectivity index (χ2n) is 2.87. The molecule has 2 N–H and O–H groups in total. The van der Waals surface area contributed by atoms with Gasteiger partial charge < -0.3 is 10.2 Å². The normalized spacial score (nSPS) is 15.2. The summed E-state index contributed by atoms with van der Waals surface area (Å²) in [5.41, 5.74) is 0.529. The van der Waals surface area contributed by atoms with Crippen LogP contribution in [0.25, 0.3) is 0 Å². The highest BCUT2D eigenvalue weighted by Crippen LogP contribution is 2.27. The van der Waals surface area contributed by atoms with Gasteiger partial charge >= 0.3 is 0 Å². The summed E-state index contributed by atoms with van der Waals surface area (Å²) >= 11 is 15.4. The lowest BCUT2D eigenvalue weighted by atomic mass is 10.1. The number of rotatable bonds is 3. The Morgan fingerprint density at radius 3 is 2.36 bits per heavy atom. The molecule has 0 amide bonds. The standard InChI is InChI=1S/C9H10Cl2O2S/c10-6-2-1-5(3-7(6)11)9(13)8(12)4-14/h1-3,8-9,12-14H,4H2. The van der Waals surface area contributed by atoms with Gasteiger partial charge in [0.25, 0.3) is 0 Å². The summed E-state index contributed by atoms with van der Waals surface area (Å²) in [5.74, 6) is 0.182. The van der Waals surface area contributed by atoms with Crippen molar-refractivity contribution in [2.45, 2.75) is 12.2 Å². The van der Waals surface area contributed by atoms with Crippen molar-refractivity contribution in [3.63, 3.8) is 0 Å². The van der Waals surface area contributed by atoms with E-state index >= 15 is 0 Å². The molecule has 0 fully saturated rings. The minimum absolute atomic E-state index is 0.182. The maximum absolute atomic E-state index is 9.60. The highest BCUT2D eigenvalue weighted by molar-refractivity contribution is 7.80. The average Bonchev–Trinajstić information content (AvgIpc) is 2.20. The molecule has 1 aromatic carbocycles. The van der Waals surface area contributed by atoms with Gasteiger partial charge in [0.2, 0.25) is 0 Å². The van der Waals surface area contributed by atoms with E-state index in [0.717, 1.165) is 0 Å². The Morgan fingerprint density at radius 2 is 1.86 bits per heavy atom. The molecule has 0 radical (unpaired) electrons. The Bertz CT molecular complexity index is 320. The number of halogens is 2. The fraction of sp³-hybridized carbons (Fsp3) is 0.333. The van der Waals surface area contributed by atoms with Crippen LogP contribution >= 0.6 is 35.8 Å². The summed E-state index contributed by atoms with van der Waals surface area (Å²) in [6.07, 6.45) is -1.89. The van der Waals surface area contributed by atoms with Gasteiger partial charge in [-0.15, -0.1) is 0 Å². The maximum atomic E-state index is 9.60. The monoisotopic (exact) mass is 252 g/mol. The number of aliphatic hydroxyl groups excluding tert-OH is 2. The molecule has 0 aromatic heterocycles. The zero-order valence-corrected chi connectivity index (χ0v) is 9.60. The quantitative estimate of drug-likeness (QED) is 0.723. The lowest BCUT2D eigenvalue weighted by molar-refractivity contribution is 0.0338. The Morgan fingerprint density at radius 1 is 1.21 bits per heavy atom. The van der Waals surface area contributed by atoms with Crippen LogP contribution < -0.4 is 0 Å². The van der Waals surface area contributed by atoms with Crippen molar-refractivity contribution in [1.29, 1.82) is 0 Å². The summed E-state index contributed by atoms with van der Waals surface area (Å²) in [7, 11) is 0. The third-order valence-corrected chi connectivity index (χ3v) is 2.95. The van der Waals surface area contributed by atoms with Crippen LogP contribution in [0.2, 0.25) is 10.0 Å².